The number of ether oxygens (including phenoxy) is 1. The van der Waals surface area contributed by atoms with Crippen molar-refractivity contribution in [3.63, 3.8) is 0 Å². The van der Waals surface area contributed by atoms with Crippen LogP contribution in [0, 0.1) is 0 Å². The van der Waals surface area contributed by atoms with Gasteiger partial charge in [-0.15, -0.1) is 11.6 Å². The van der Waals surface area contributed by atoms with E-state index in [4.69, 9.17) is 11.6 Å². The predicted octanol–water partition coefficient (Wildman–Crippen LogP) is 2.16. The van der Waals surface area contributed by atoms with Crippen LogP contribution in [0.3, 0.4) is 0 Å². The number of aromatic amines is 1. The number of aromatic nitrogens is 1. The molecule has 0 unspecified atom stereocenters. The third-order valence-corrected chi connectivity index (χ3v) is 2.61. The van der Waals surface area contributed by atoms with Gasteiger partial charge in [-0.25, -0.2) is 8.78 Å². The van der Waals surface area contributed by atoms with E-state index in [1.807, 2.05) is 0 Å². The average Bonchev–Trinajstić information content (AvgIpc) is 2.29. The SMILES string of the molecule is CCOC(=O)Cc1c(C(F)F)c[nH]c(=O)c1CCl. The van der Waals surface area contributed by atoms with Crippen LogP contribution in [0.5, 0.6) is 0 Å². The van der Waals surface area contributed by atoms with Gasteiger partial charge in [0.15, 0.2) is 0 Å². The standard InChI is InChI=1S/C11H12ClF2NO3/c1-2-18-9(16)3-6-7(4-12)11(17)15-5-8(6)10(13)14/h5,10H,2-4H2,1H3,(H,15,17). The molecule has 0 amide bonds. The molecule has 0 radical (unpaired) electrons. The number of carbonyl (C=O) groups excluding carboxylic acids is 1. The first kappa shape index (κ1) is 14.6. The number of rotatable bonds is 5. The lowest BCUT2D eigenvalue weighted by Crippen LogP contribution is -2.20. The topological polar surface area (TPSA) is 59.2 Å². The Morgan fingerprint density at radius 1 is 1.50 bits per heavy atom. The Morgan fingerprint density at radius 3 is 2.67 bits per heavy atom. The highest BCUT2D eigenvalue weighted by Gasteiger charge is 2.21. The van der Waals surface area contributed by atoms with Gasteiger partial charge in [-0.3, -0.25) is 9.59 Å². The van der Waals surface area contributed by atoms with Crippen molar-refractivity contribution in [3.8, 4) is 0 Å². The molecule has 1 aromatic rings. The summed E-state index contributed by atoms with van der Waals surface area (Å²) in [5.41, 5.74) is -1.06. The summed E-state index contributed by atoms with van der Waals surface area (Å²) in [7, 11) is 0. The first-order chi connectivity index (χ1) is 8.51. The van der Waals surface area contributed by atoms with Crippen LogP contribution >= 0.6 is 11.6 Å². The fraction of sp³-hybridized carbons (Fsp3) is 0.455. The van der Waals surface area contributed by atoms with E-state index < -0.39 is 23.5 Å². The lowest BCUT2D eigenvalue weighted by Gasteiger charge is -2.11. The van der Waals surface area contributed by atoms with Crippen molar-refractivity contribution in [2.45, 2.75) is 25.7 Å². The molecular weight excluding hydrogens is 268 g/mol. The van der Waals surface area contributed by atoms with E-state index in [-0.39, 0.29) is 30.0 Å². The minimum absolute atomic E-state index is 0.0254. The van der Waals surface area contributed by atoms with Gasteiger partial charge < -0.3 is 9.72 Å². The molecule has 0 atom stereocenters. The summed E-state index contributed by atoms with van der Waals surface area (Å²) < 4.78 is 30.3. The molecule has 0 aliphatic heterocycles. The van der Waals surface area contributed by atoms with Gasteiger partial charge in [-0.1, -0.05) is 0 Å². The van der Waals surface area contributed by atoms with E-state index in [0.29, 0.717) is 0 Å². The number of alkyl halides is 3. The molecule has 0 aromatic carbocycles. The highest BCUT2D eigenvalue weighted by molar-refractivity contribution is 6.17. The fourth-order valence-corrected chi connectivity index (χ4v) is 1.81. The summed E-state index contributed by atoms with van der Waals surface area (Å²) in [6.07, 6.45) is -2.29. The number of nitrogens with one attached hydrogen (secondary N) is 1. The Balaban J connectivity index is 3.23. The molecule has 0 aliphatic rings. The molecule has 18 heavy (non-hydrogen) atoms. The van der Waals surface area contributed by atoms with Crippen LogP contribution in [0.2, 0.25) is 0 Å². The molecule has 0 fully saturated rings. The third-order valence-electron chi connectivity index (χ3n) is 2.34. The smallest absolute Gasteiger partial charge is 0.310 e. The van der Waals surface area contributed by atoms with Gasteiger partial charge in [0.25, 0.3) is 12.0 Å². The van der Waals surface area contributed by atoms with Gasteiger partial charge in [-0.2, -0.15) is 0 Å². The molecular formula is C11H12ClF2NO3. The van der Waals surface area contributed by atoms with E-state index >= 15 is 0 Å². The van der Waals surface area contributed by atoms with Gasteiger partial charge in [0.05, 0.1) is 18.9 Å². The zero-order valence-corrected chi connectivity index (χ0v) is 10.4. The van der Waals surface area contributed by atoms with Crippen LogP contribution < -0.4 is 5.56 Å². The fourth-order valence-electron chi connectivity index (χ4n) is 1.53. The zero-order chi connectivity index (χ0) is 13.7. The molecule has 1 aromatic heterocycles. The van der Waals surface area contributed by atoms with E-state index in [2.05, 4.69) is 9.72 Å². The maximum Gasteiger partial charge on any atom is 0.310 e. The number of esters is 1. The molecule has 0 aliphatic carbocycles. The van der Waals surface area contributed by atoms with Crippen LogP contribution in [0.1, 0.15) is 30.0 Å². The molecule has 0 saturated heterocycles. The molecule has 1 rings (SSSR count). The van der Waals surface area contributed by atoms with Crippen molar-refractivity contribution >= 4 is 17.6 Å². The summed E-state index contributed by atoms with van der Waals surface area (Å²) in [6, 6.07) is 0. The monoisotopic (exact) mass is 279 g/mol. The highest BCUT2D eigenvalue weighted by atomic mass is 35.5. The molecule has 0 saturated carbocycles. The summed E-state index contributed by atoms with van der Waals surface area (Å²) in [5, 5.41) is 0. The quantitative estimate of drug-likeness (QED) is 0.664. The number of pyridine rings is 1. The molecule has 0 bridgehead atoms. The van der Waals surface area contributed by atoms with Crippen LogP contribution in [0.4, 0.5) is 8.78 Å². The second kappa shape index (κ2) is 6.49. The summed E-state index contributed by atoms with van der Waals surface area (Å²) in [5.74, 6) is -0.915. The summed E-state index contributed by atoms with van der Waals surface area (Å²) >= 11 is 5.56. The van der Waals surface area contributed by atoms with Crippen molar-refractivity contribution in [1.29, 1.82) is 0 Å². The van der Waals surface area contributed by atoms with Gasteiger partial charge in [0, 0.05) is 17.3 Å². The Hall–Kier alpha value is -1.43. The summed E-state index contributed by atoms with van der Waals surface area (Å²) in [6.45, 7) is 1.74. The third kappa shape index (κ3) is 3.29. The number of hydrogen-bond donors (Lipinski definition) is 1. The minimum Gasteiger partial charge on any atom is -0.466 e. The first-order valence-corrected chi connectivity index (χ1v) is 5.77. The van der Waals surface area contributed by atoms with Gasteiger partial charge in [0.1, 0.15) is 0 Å². The van der Waals surface area contributed by atoms with Crippen LogP contribution in [-0.2, 0) is 21.8 Å². The van der Waals surface area contributed by atoms with Crippen molar-refractivity contribution in [2.75, 3.05) is 6.61 Å². The first-order valence-electron chi connectivity index (χ1n) is 5.24. The van der Waals surface area contributed by atoms with E-state index in [0.717, 1.165) is 6.20 Å². The average molecular weight is 280 g/mol. The van der Waals surface area contributed by atoms with Crippen molar-refractivity contribution in [1.82, 2.24) is 4.98 Å². The maximum absolute atomic E-state index is 12.8. The maximum atomic E-state index is 12.8. The minimum atomic E-state index is -2.80. The van der Waals surface area contributed by atoms with Crippen LogP contribution in [0.25, 0.3) is 0 Å². The Bertz CT molecular complexity index is 488. The van der Waals surface area contributed by atoms with Gasteiger partial charge in [0.2, 0.25) is 0 Å². The molecule has 4 nitrogen and oxygen atoms in total. The molecule has 1 N–H and O–H groups in total. The van der Waals surface area contributed by atoms with Crippen molar-refractivity contribution < 1.29 is 18.3 Å². The number of H-pyrrole nitrogens is 1. The zero-order valence-electron chi connectivity index (χ0n) is 9.63. The van der Waals surface area contributed by atoms with Gasteiger partial charge in [-0.05, 0) is 12.5 Å². The van der Waals surface area contributed by atoms with Gasteiger partial charge >= 0.3 is 5.97 Å². The van der Waals surface area contributed by atoms with Crippen molar-refractivity contribution in [3.05, 3.63) is 33.2 Å². The normalized spacial score (nSPS) is 10.7. The second-order valence-corrected chi connectivity index (χ2v) is 3.71. The number of halogens is 3. The van der Waals surface area contributed by atoms with Crippen molar-refractivity contribution in [2.24, 2.45) is 0 Å². The summed E-state index contributed by atoms with van der Waals surface area (Å²) in [4.78, 5) is 25.0. The van der Waals surface area contributed by atoms with Crippen LogP contribution in [-0.4, -0.2) is 17.6 Å². The molecule has 7 heteroatoms. The van der Waals surface area contributed by atoms with Crippen LogP contribution in [0.15, 0.2) is 11.0 Å². The van der Waals surface area contributed by atoms with E-state index in [1.54, 1.807) is 6.92 Å². The number of carbonyl (C=O) groups is 1. The molecule has 100 valence electrons. The lowest BCUT2D eigenvalue weighted by molar-refractivity contribution is -0.142. The Labute approximate surface area is 107 Å². The molecule has 1 heterocycles. The second-order valence-electron chi connectivity index (χ2n) is 3.45. The van der Waals surface area contributed by atoms with E-state index in [9.17, 15) is 18.4 Å². The largest absolute Gasteiger partial charge is 0.466 e. The van der Waals surface area contributed by atoms with E-state index in [1.165, 1.54) is 0 Å². The predicted molar refractivity (Wildman–Crippen MR) is 61.9 cm³/mol. The number of hydrogen-bond acceptors (Lipinski definition) is 3. The lowest BCUT2D eigenvalue weighted by atomic mass is 10.0. The highest BCUT2D eigenvalue weighted by Crippen LogP contribution is 2.24. The Morgan fingerprint density at radius 2 is 2.17 bits per heavy atom. The Kier molecular flexibility index (Phi) is 5.27. The molecule has 0 spiro atoms.